The normalized spacial score (nSPS) is 20.2. The van der Waals surface area contributed by atoms with Gasteiger partial charge in [0.05, 0.1) is 6.10 Å². The SMILES string of the molecule is Cc1ccccc1C(CC1CCC1)[C@H](C)O. The van der Waals surface area contributed by atoms with E-state index >= 15 is 0 Å². The smallest absolute Gasteiger partial charge is 0.0580 e. The van der Waals surface area contributed by atoms with E-state index < -0.39 is 0 Å². The quantitative estimate of drug-likeness (QED) is 0.818. The van der Waals surface area contributed by atoms with Crippen molar-refractivity contribution < 1.29 is 5.11 Å². The minimum Gasteiger partial charge on any atom is -0.393 e. The molecular formula is C15H22O. The molecule has 0 saturated heterocycles. The van der Waals surface area contributed by atoms with E-state index in [0.29, 0.717) is 5.92 Å². The Kier molecular flexibility index (Phi) is 3.65. The molecule has 1 nitrogen and oxygen atoms in total. The average molecular weight is 218 g/mol. The first-order valence-corrected chi connectivity index (χ1v) is 6.42. The van der Waals surface area contributed by atoms with Crippen LogP contribution in [0, 0.1) is 12.8 Å². The minimum absolute atomic E-state index is 0.235. The number of rotatable bonds is 4. The molecule has 1 aromatic carbocycles. The van der Waals surface area contributed by atoms with Gasteiger partial charge in [-0.3, -0.25) is 0 Å². The van der Waals surface area contributed by atoms with Crippen LogP contribution in [0.25, 0.3) is 0 Å². The highest BCUT2D eigenvalue weighted by Crippen LogP contribution is 2.38. The molecule has 0 spiro atoms. The summed E-state index contributed by atoms with van der Waals surface area (Å²) in [5.74, 6) is 1.17. The predicted molar refractivity (Wildman–Crippen MR) is 67.6 cm³/mol. The summed E-state index contributed by atoms with van der Waals surface area (Å²) in [5, 5.41) is 9.96. The highest BCUT2D eigenvalue weighted by Gasteiger charge is 2.26. The number of aliphatic hydroxyl groups is 1. The monoisotopic (exact) mass is 218 g/mol. The second-order valence-electron chi connectivity index (χ2n) is 5.24. The molecule has 1 unspecified atom stereocenters. The van der Waals surface area contributed by atoms with Gasteiger partial charge < -0.3 is 5.11 Å². The Balaban J connectivity index is 2.14. The first-order chi connectivity index (χ1) is 7.68. The zero-order chi connectivity index (χ0) is 11.5. The third-order valence-electron chi connectivity index (χ3n) is 3.98. The summed E-state index contributed by atoms with van der Waals surface area (Å²) in [7, 11) is 0. The zero-order valence-corrected chi connectivity index (χ0v) is 10.3. The topological polar surface area (TPSA) is 20.2 Å². The van der Waals surface area contributed by atoms with Gasteiger partial charge in [-0.25, -0.2) is 0 Å². The maximum absolute atomic E-state index is 9.96. The Morgan fingerprint density at radius 2 is 2.00 bits per heavy atom. The van der Waals surface area contributed by atoms with E-state index in [9.17, 15) is 5.11 Å². The molecule has 1 aliphatic carbocycles. The molecule has 1 aliphatic rings. The highest BCUT2D eigenvalue weighted by molar-refractivity contribution is 5.30. The number of aryl methyl sites for hydroxylation is 1. The molecule has 1 N–H and O–H groups in total. The van der Waals surface area contributed by atoms with Crippen LogP contribution in [-0.4, -0.2) is 11.2 Å². The van der Waals surface area contributed by atoms with Crippen molar-refractivity contribution >= 4 is 0 Å². The lowest BCUT2D eigenvalue weighted by molar-refractivity contribution is 0.134. The molecule has 0 amide bonds. The van der Waals surface area contributed by atoms with Crippen molar-refractivity contribution in [3.63, 3.8) is 0 Å². The number of benzene rings is 1. The zero-order valence-electron chi connectivity index (χ0n) is 10.3. The largest absolute Gasteiger partial charge is 0.393 e. The highest BCUT2D eigenvalue weighted by atomic mass is 16.3. The predicted octanol–water partition coefficient (Wildman–Crippen LogP) is 3.65. The Labute approximate surface area is 98.5 Å². The van der Waals surface area contributed by atoms with Gasteiger partial charge in [0.2, 0.25) is 0 Å². The summed E-state index contributed by atoms with van der Waals surface area (Å²) in [4.78, 5) is 0. The van der Waals surface area contributed by atoms with Crippen molar-refractivity contribution in [1.29, 1.82) is 0 Å². The first kappa shape index (κ1) is 11.7. The molecule has 2 atom stereocenters. The molecule has 1 heteroatoms. The van der Waals surface area contributed by atoms with E-state index in [1.165, 1.54) is 30.4 Å². The van der Waals surface area contributed by atoms with Crippen LogP contribution in [0.2, 0.25) is 0 Å². The van der Waals surface area contributed by atoms with E-state index in [-0.39, 0.29) is 6.10 Å². The third-order valence-corrected chi connectivity index (χ3v) is 3.98. The lowest BCUT2D eigenvalue weighted by atomic mass is 9.75. The van der Waals surface area contributed by atoms with E-state index in [0.717, 1.165) is 12.3 Å². The van der Waals surface area contributed by atoms with Crippen molar-refractivity contribution in [2.45, 2.75) is 51.6 Å². The van der Waals surface area contributed by atoms with Crippen LogP contribution in [0.3, 0.4) is 0 Å². The molecular weight excluding hydrogens is 196 g/mol. The molecule has 0 heterocycles. The van der Waals surface area contributed by atoms with Crippen LogP contribution in [0.5, 0.6) is 0 Å². The van der Waals surface area contributed by atoms with Gasteiger partial charge in [0.15, 0.2) is 0 Å². The van der Waals surface area contributed by atoms with E-state index in [1.807, 2.05) is 6.92 Å². The lowest BCUT2D eigenvalue weighted by Gasteiger charge is -2.32. The van der Waals surface area contributed by atoms with Crippen molar-refractivity contribution in [2.75, 3.05) is 0 Å². The average Bonchev–Trinajstić information content (AvgIpc) is 2.18. The molecule has 1 fully saturated rings. The van der Waals surface area contributed by atoms with Crippen molar-refractivity contribution in [1.82, 2.24) is 0 Å². The molecule has 0 aromatic heterocycles. The van der Waals surface area contributed by atoms with Crippen molar-refractivity contribution in [3.05, 3.63) is 35.4 Å². The lowest BCUT2D eigenvalue weighted by Crippen LogP contribution is -2.22. The minimum atomic E-state index is -0.235. The van der Waals surface area contributed by atoms with Gasteiger partial charge >= 0.3 is 0 Å². The second-order valence-corrected chi connectivity index (χ2v) is 5.24. The third kappa shape index (κ3) is 2.46. The van der Waals surface area contributed by atoms with Crippen molar-refractivity contribution in [2.24, 2.45) is 5.92 Å². The van der Waals surface area contributed by atoms with Crippen molar-refractivity contribution in [3.8, 4) is 0 Å². The standard InChI is InChI=1S/C15H22O/c1-11-6-3-4-9-14(11)15(12(2)16)10-13-7-5-8-13/h3-4,6,9,12-13,15-16H,5,7-8,10H2,1-2H3/t12-,15?/m0/s1. The molecule has 88 valence electrons. The Hall–Kier alpha value is -0.820. The van der Waals surface area contributed by atoms with Gasteiger partial charge in [0.1, 0.15) is 0 Å². The molecule has 2 rings (SSSR count). The number of hydrogen-bond acceptors (Lipinski definition) is 1. The molecule has 16 heavy (non-hydrogen) atoms. The summed E-state index contributed by atoms with van der Waals surface area (Å²) < 4.78 is 0. The molecule has 1 saturated carbocycles. The van der Waals surface area contributed by atoms with Gasteiger partial charge in [-0.05, 0) is 37.3 Å². The van der Waals surface area contributed by atoms with Crippen LogP contribution >= 0.6 is 0 Å². The fourth-order valence-electron chi connectivity index (χ4n) is 2.67. The molecule has 0 radical (unpaired) electrons. The number of hydrogen-bond donors (Lipinski definition) is 1. The van der Waals surface area contributed by atoms with Gasteiger partial charge in [-0.15, -0.1) is 0 Å². The van der Waals surface area contributed by atoms with Crippen LogP contribution in [0.15, 0.2) is 24.3 Å². The second kappa shape index (κ2) is 5.01. The fraction of sp³-hybridized carbons (Fsp3) is 0.600. The summed E-state index contributed by atoms with van der Waals surface area (Å²) in [6, 6.07) is 8.47. The van der Waals surface area contributed by atoms with Crippen LogP contribution in [0.1, 0.15) is 49.7 Å². The summed E-state index contributed by atoms with van der Waals surface area (Å²) >= 11 is 0. The summed E-state index contributed by atoms with van der Waals surface area (Å²) in [6.45, 7) is 4.07. The summed E-state index contributed by atoms with van der Waals surface area (Å²) in [6.07, 6.45) is 5.01. The van der Waals surface area contributed by atoms with E-state index in [1.54, 1.807) is 0 Å². The van der Waals surface area contributed by atoms with Gasteiger partial charge in [-0.1, -0.05) is 43.5 Å². The Morgan fingerprint density at radius 1 is 1.31 bits per heavy atom. The molecule has 0 aliphatic heterocycles. The van der Waals surface area contributed by atoms with Gasteiger partial charge in [0, 0.05) is 5.92 Å². The number of aliphatic hydroxyl groups excluding tert-OH is 1. The van der Waals surface area contributed by atoms with Crippen LogP contribution in [-0.2, 0) is 0 Å². The molecule has 0 bridgehead atoms. The Morgan fingerprint density at radius 3 is 2.50 bits per heavy atom. The maximum Gasteiger partial charge on any atom is 0.0580 e. The summed E-state index contributed by atoms with van der Waals surface area (Å²) in [5.41, 5.74) is 2.65. The van der Waals surface area contributed by atoms with E-state index in [2.05, 4.69) is 31.2 Å². The van der Waals surface area contributed by atoms with Crippen LogP contribution in [0.4, 0.5) is 0 Å². The van der Waals surface area contributed by atoms with E-state index in [4.69, 9.17) is 0 Å². The van der Waals surface area contributed by atoms with Gasteiger partial charge in [-0.2, -0.15) is 0 Å². The fourth-order valence-corrected chi connectivity index (χ4v) is 2.67. The first-order valence-electron chi connectivity index (χ1n) is 6.42. The van der Waals surface area contributed by atoms with Gasteiger partial charge in [0.25, 0.3) is 0 Å². The Bertz CT molecular complexity index is 339. The van der Waals surface area contributed by atoms with Crippen LogP contribution < -0.4 is 0 Å². The molecule has 1 aromatic rings. The maximum atomic E-state index is 9.96.